The minimum atomic E-state index is -0.394. The molecule has 0 radical (unpaired) electrons. The molecule has 2 heterocycles. The largest absolute Gasteiger partial charge is 0.381 e. The van der Waals surface area contributed by atoms with Crippen LogP contribution in [0.25, 0.3) is 0 Å². The number of aromatic nitrogens is 2. The Hall–Kier alpha value is -1.20. The van der Waals surface area contributed by atoms with Gasteiger partial charge < -0.3 is 10.5 Å². The number of rotatable bonds is 5. The summed E-state index contributed by atoms with van der Waals surface area (Å²) in [6.07, 6.45) is 1.90. The molecule has 0 spiro atoms. The van der Waals surface area contributed by atoms with Crippen LogP contribution in [0.1, 0.15) is 31.2 Å². The van der Waals surface area contributed by atoms with Crippen LogP contribution in [0.2, 0.25) is 0 Å². The van der Waals surface area contributed by atoms with Gasteiger partial charge in [-0.15, -0.1) is 0 Å². The molecule has 0 amide bonds. The quantitative estimate of drug-likeness (QED) is 0.865. The van der Waals surface area contributed by atoms with E-state index in [1.165, 1.54) is 0 Å². The van der Waals surface area contributed by atoms with Crippen molar-refractivity contribution in [3.63, 3.8) is 0 Å². The van der Waals surface area contributed by atoms with Gasteiger partial charge in [-0.25, -0.2) is 0 Å². The van der Waals surface area contributed by atoms with Crippen molar-refractivity contribution in [3.8, 4) is 0 Å². The summed E-state index contributed by atoms with van der Waals surface area (Å²) in [5, 5.41) is 4.38. The highest BCUT2D eigenvalue weighted by molar-refractivity contribution is 5.87. The Balaban J connectivity index is 2.14. The minimum Gasteiger partial charge on any atom is -0.381 e. The highest BCUT2D eigenvalue weighted by Crippen LogP contribution is 2.31. The molecular formula is C14H23N3O2. The van der Waals surface area contributed by atoms with Gasteiger partial charge in [0.2, 0.25) is 0 Å². The summed E-state index contributed by atoms with van der Waals surface area (Å²) in [5.41, 5.74) is 7.42. The first-order valence-electron chi connectivity index (χ1n) is 6.96. The predicted octanol–water partition coefficient (Wildman–Crippen LogP) is 1.08. The highest BCUT2D eigenvalue weighted by Gasteiger charge is 2.38. The fourth-order valence-electron chi connectivity index (χ4n) is 2.73. The lowest BCUT2D eigenvalue weighted by atomic mass is 9.75. The molecule has 1 aromatic heterocycles. The normalized spacial score (nSPS) is 18.5. The molecule has 0 unspecified atom stereocenters. The Labute approximate surface area is 114 Å². The van der Waals surface area contributed by atoms with Crippen LogP contribution in [-0.4, -0.2) is 35.3 Å². The van der Waals surface area contributed by atoms with Crippen molar-refractivity contribution in [1.82, 2.24) is 9.78 Å². The predicted molar refractivity (Wildman–Crippen MR) is 72.9 cm³/mol. The van der Waals surface area contributed by atoms with Crippen molar-refractivity contribution < 1.29 is 9.53 Å². The number of Topliss-reactive ketones (excluding diaryl/α,β-unsaturated/α-hetero) is 1. The van der Waals surface area contributed by atoms with Crippen molar-refractivity contribution in [3.05, 3.63) is 17.5 Å². The van der Waals surface area contributed by atoms with Crippen LogP contribution >= 0.6 is 0 Å². The van der Waals surface area contributed by atoms with Gasteiger partial charge in [0.15, 0.2) is 0 Å². The summed E-state index contributed by atoms with van der Waals surface area (Å²) in [6, 6.07) is 1.99. The van der Waals surface area contributed by atoms with E-state index < -0.39 is 5.41 Å². The molecule has 19 heavy (non-hydrogen) atoms. The molecule has 0 aliphatic carbocycles. The fraction of sp³-hybridized carbons (Fsp3) is 0.714. The smallest absolute Gasteiger partial charge is 0.146 e. The van der Waals surface area contributed by atoms with Crippen molar-refractivity contribution in [1.29, 1.82) is 0 Å². The van der Waals surface area contributed by atoms with Gasteiger partial charge in [-0.2, -0.15) is 5.10 Å². The van der Waals surface area contributed by atoms with Gasteiger partial charge in [0.05, 0.1) is 5.69 Å². The fourth-order valence-corrected chi connectivity index (χ4v) is 2.73. The third-order valence-corrected chi connectivity index (χ3v) is 4.06. The molecule has 106 valence electrons. The van der Waals surface area contributed by atoms with Crippen LogP contribution in [0, 0.1) is 12.3 Å². The van der Waals surface area contributed by atoms with Gasteiger partial charge in [-0.05, 0) is 32.8 Å². The van der Waals surface area contributed by atoms with Crippen molar-refractivity contribution in [2.75, 3.05) is 19.8 Å². The molecule has 0 saturated carbocycles. The molecule has 5 heteroatoms. The standard InChI is InChI=1S/C14H23N3O2/c1-3-17-12(8-11(2)16-17)9-13(18)14(10-15)4-6-19-7-5-14/h8H,3-7,9-10,15H2,1-2H3. The summed E-state index contributed by atoms with van der Waals surface area (Å²) >= 11 is 0. The summed E-state index contributed by atoms with van der Waals surface area (Å²) in [6.45, 7) is 6.45. The van der Waals surface area contributed by atoms with Crippen molar-refractivity contribution >= 4 is 5.78 Å². The molecule has 2 N–H and O–H groups in total. The highest BCUT2D eigenvalue weighted by atomic mass is 16.5. The molecule has 1 aliphatic heterocycles. The van der Waals surface area contributed by atoms with Gasteiger partial charge in [0.25, 0.3) is 0 Å². The van der Waals surface area contributed by atoms with Gasteiger partial charge in [-0.3, -0.25) is 9.48 Å². The van der Waals surface area contributed by atoms with Crippen LogP contribution in [0.5, 0.6) is 0 Å². The number of nitrogens with two attached hydrogens (primary N) is 1. The van der Waals surface area contributed by atoms with Crippen molar-refractivity contribution in [2.24, 2.45) is 11.1 Å². The van der Waals surface area contributed by atoms with Gasteiger partial charge in [-0.1, -0.05) is 0 Å². The van der Waals surface area contributed by atoms with E-state index in [4.69, 9.17) is 10.5 Å². The van der Waals surface area contributed by atoms with Crippen LogP contribution in [0.3, 0.4) is 0 Å². The molecule has 1 fully saturated rings. The first-order valence-corrected chi connectivity index (χ1v) is 6.96. The maximum Gasteiger partial charge on any atom is 0.146 e. The van der Waals surface area contributed by atoms with E-state index >= 15 is 0 Å². The number of nitrogens with zero attached hydrogens (tertiary/aromatic N) is 2. The van der Waals surface area contributed by atoms with Gasteiger partial charge in [0, 0.05) is 43.8 Å². The third-order valence-electron chi connectivity index (χ3n) is 4.06. The monoisotopic (exact) mass is 265 g/mol. The zero-order valence-electron chi connectivity index (χ0n) is 11.8. The van der Waals surface area contributed by atoms with Crippen LogP contribution in [-0.2, 0) is 22.5 Å². The molecule has 1 aromatic rings. The number of hydrogen-bond donors (Lipinski definition) is 1. The van der Waals surface area contributed by atoms with E-state index in [0.717, 1.165) is 30.8 Å². The van der Waals surface area contributed by atoms with Crippen molar-refractivity contribution in [2.45, 2.75) is 39.7 Å². The number of ketones is 1. The first-order chi connectivity index (χ1) is 9.11. The molecule has 0 bridgehead atoms. The summed E-state index contributed by atoms with van der Waals surface area (Å²) in [7, 11) is 0. The second kappa shape index (κ2) is 5.84. The average molecular weight is 265 g/mol. The molecule has 1 aliphatic rings. The van der Waals surface area contributed by atoms with E-state index in [2.05, 4.69) is 5.10 Å². The molecule has 5 nitrogen and oxygen atoms in total. The number of hydrogen-bond acceptors (Lipinski definition) is 4. The zero-order valence-corrected chi connectivity index (χ0v) is 11.8. The Morgan fingerprint density at radius 3 is 2.79 bits per heavy atom. The minimum absolute atomic E-state index is 0.230. The van der Waals surface area contributed by atoms with E-state index in [1.807, 2.05) is 24.6 Å². The lowest BCUT2D eigenvalue weighted by Crippen LogP contribution is -2.44. The zero-order chi connectivity index (χ0) is 13.9. The lowest BCUT2D eigenvalue weighted by molar-refractivity contribution is -0.133. The number of ether oxygens (including phenoxy) is 1. The Morgan fingerprint density at radius 2 is 2.21 bits per heavy atom. The molecule has 1 saturated heterocycles. The van der Waals surface area contributed by atoms with E-state index in [1.54, 1.807) is 0 Å². The maximum atomic E-state index is 12.6. The van der Waals surface area contributed by atoms with Gasteiger partial charge >= 0.3 is 0 Å². The average Bonchev–Trinajstić information content (AvgIpc) is 2.79. The third kappa shape index (κ3) is 2.87. The molecule has 2 rings (SSSR count). The Kier molecular flexibility index (Phi) is 4.37. The van der Waals surface area contributed by atoms with E-state index in [-0.39, 0.29) is 5.78 Å². The Morgan fingerprint density at radius 1 is 1.53 bits per heavy atom. The number of carbonyl (C=O) groups excluding carboxylic acids is 1. The Bertz CT molecular complexity index is 448. The summed E-state index contributed by atoms with van der Waals surface area (Å²) in [5.74, 6) is 0.230. The summed E-state index contributed by atoms with van der Waals surface area (Å²) < 4.78 is 7.25. The maximum absolute atomic E-state index is 12.6. The number of carbonyl (C=O) groups is 1. The topological polar surface area (TPSA) is 70.1 Å². The van der Waals surface area contributed by atoms with E-state index in [9.17, 15) is 4.79 Å². The SMILES string of the molecule is CCn1nc(C)cc1CC(=O)C1(CN)CCOCC1. The van der Waals surface area contributed by atoms with Crippen LogP contribution in [0.4, 0.5) is 0 Å². The lowest BCUT2D eigenvalue weighted by Gasteiger charge is -2.34. The molecule has 0 atom stereocenters. The van der Waals surface area contributed by atoms with Gasteiger partial charge in [0.1, 0.15) is 5.78 Å². The first kappa shape index (κ1) is 14.2. The van der Waals surface area contributed by atoms with Crippen LogP contribution < -0.4 is 5.73 Å². The summed E-state index contributed by atoms with van der Waals surface area (Å²) in [4.78, 5) is 12.6. The molecular weight excluding hydrogens is 242 g/mol. The van der Waals surface area contributed by atoms with E-state index in [0.29, 0.717) is 26.2 Å². The molecule has 0 aromatic carbocycles. The van der Waals surface area contributed by atoms with Crippen LogP contribution in [0.15, 0.2) is 6.07 Å². The second-order valence-corrected chi connectivity index (χ2v) is 5.29. The number of aryl methyl sites for hydroxylation is 2. The second-order valence-electron chi connectivity index (χ2n) is 5.29.